The summed E-state index contributed by atoms with van der Waals surface area (Å²) in [5.41, 5.74) is 6.38. The molecular weight excluding hydrogens is 244 g/mol. The Labute approximate surface area is 113 Å². The molecule has 104 valence electrons. The van der Waals surface area contributed by atoms with Crippen molar-refractivity contribution in [1.82, 2.24) is 5.32 Å². The number of hydrogen-bond acceptors (Lipinski definition) is 3. The van der Waals surface area contributed by atoms with Gasteiger partial charge in [-0.1, -0.05) is 43.7 Å². The van der Waals surface area contributed by atoms with Crippen molar-refractivity contribution >= 4 is 12.0 Å². The molecule has 2 atom stereocenters. The van der Waals surface area contributed by atoms with Crippen LogP contribution in [0.25, 0.3) is 0 Å². The van der Waals surface area contributed by atoms with Gasteiger partial charge in [0.05, 0.1) is 7.11 Å². The summed E-state index contributed by atoms with van der Waals surface area (Å²) in [5, 5.41) is 2.51. The van der Waals surface area contributed by atoms with Gasteiger partial charge in [0.15, 0.2) is 0 Å². The minimum atomic E-state index is -0.769. The Bertz CT molecular complexity index is 420. The predicted octanol–water partition coefficient (Wildman–Crippen LogP) is 1.78. The van der Waals surface area contributed by atoms with Crippen LogP contribution in [0.4, 0.5) is 4.79 Å². The number of nitrogens with two attached hydrogens (primary N) is 1. The van der Waals surface area contributed by atoms with Gasteiger partial charge in [-0.05, 0) is 12.0 Å². The van der Waals surface area contributed by atoms with E-state index in [0.29, 0.717) is 0 Å². The Kier molecular flexibility index (Phi) is 5.85. The molecule has 0 bridgehead atoms. The molecule has 0 aliphatic carbocycles. The molecule has 0 radical (unpaired) electrons. The lowest BCUT2D eigenvalue weighted by molar-refractivity contribution is -0.120. The summed E-state index contributed by atoms with van der Waals surface area (Å²) in [5.74, 6) is -0.712. The van der Waals surface area contributed by atoms with Gasteiger partial charge in [-0.15, -0.1) is 0 Å². The molecule has 19 heavy (non-hydrogen) atoms. The monoisotopic (exact) mass is 264 g/mol. The van der Waals surface area contributed by atoms with Gasteiger partial charge in [0.1, 0.15) is 6.04 Å². The summed E-state index contributed by atoms with van der Waals surface area (Å²) >= 11 is 0. The van der Waals surface area contributed by atoms with Crippen LogP contribution in [0, 0.1) is 0 Å². The van der Waals surface area contributed by atoms with Crippen LogP contribution in [-0.2, 0) is 9.53 Å². The number of amides is 2. The van der Waals surface area contributed by atoms with Gasteiger partial charge in [0, 0.05) is 5.92 Å². The molecule has 0 saturated heterocycles. The van der Waals surface area contributed by atoms with E-state index in [-0.39, 0.29) is 5.92 Å². The fourth-order valence-electron chi connectivity index (χ4n) is 2.09. The fourth-order valence-corrected chi connectivity index (χ4v) is 2.09. The zero-order chi connectivity index (χ0) is 14.3. The maximum Gasteiger partial charge on any atom is 0.407 e. The molecule has 0 fully saturated rings. The van der Waals surface area contributed by atoms with E-state index >= 15 is 0 Å². The summed E-state index contributed by atoms with van der Waals surface area (Å²) in [6.07, 6.45) is 0.981. The van der Waals surface area contributed by atoms with Crippen LogP contribution in [0.5, 0.6) is 0 Å². The van der Waals surface area contributed by atoms with E-state index in [9.17, 15) is 9.59 Å². The molecule has 0 saturated carbocycles. The molecule has 0 aliphatic rings. The van der Waals surface area contributed by atoms with Crippen LogP contribution < -0.4 is 11.1 Å². The van der Waals surface area contributed by atoms with Crippen LogP contribution in [-0.4, -0.2) is 25.2 Å². The first-order chi connectivity index (χ1) is 9.10. The number of nitrogens with one attached hydrogen (secondary N) is 1. The van der Waals surface area contributed by atoms with Crippen LogP contribution >= 0.6 is 0 Å². The van der Waals surface area contributed by atoms with Crippen LogP contribution in [0.2, 0.25) is 0 Å². The van der Waals surface area contributed by atoms with Gasteiger partial charge in [-0.3, -0.25) is 4.79 Å². The van der Waals surface area contributed by atoms with E-state index in [1.807, 2.05) is 37.3 Å². The highest BCUT2D eigenvalue weighted by Crippen LogP contribution is 2.25. The first-order valence-corrected chi connectivity index (χ1v) is 6.28. The second-order valence-corrected chi connectivity index (χ2v) is 4.32. The quantitative estimate of drug-likeness (QED) is 0.821. The summed E-state index contributed by atoms with van der Waals surface area (Å²) in [4.78, 5) is 22.9. The summed E-state index contributed by atoms with van der Waals surface area (Å²) in [7, 11) is 1.25. The van der Waals surface area contributed by atoms with Gasteiger partial charge in [0.2, 0.25) is 5.91 Å². The van der Waals surface area contributed by atoms with Crippen LogP contribution in [0.3, 0.4) is 0 Å². The van der Waals surface area contributed by atoms with Crippen molar-refractivity contribution in [2.75, 3.05) is 7.11 Å². The van der Waals surface area contributed by atoms with Crippen molar-refractivity contribution in [2.24, 2.45) is 5.73 Å². The van der Waals surface area contributed by atoms with E-state index in [2.05, 4.69) is 10.1 Å². The van der Waals surface area contributed by atoms with Crippen molar-refractivity contribution in [1.29, 1.82) is 0 Å². The highest BCUT2D eigenvalue weighted by molar-refractivity contribution is 5.85. The third-order valence-corrected chi connectivity index (χ3v) is 3.00. The number of ether oxygens (including phenoxy) is 1. The van der Waals surface area contributed by atoms with E-state index in [1.54, 1.807) is 0 Å². The Morgan fingerprint density at radius 3 is 2.42 bits per heavy atom. The van der Waals surface area contributed by atoms with Crippen molar-refractivity contribution < 1.29 is 14.3 Å². The maximum atomic E-state index is 11.6. The van der Waals surface area contributed by atoms with Gasteiger partial charge < -0.3 is 15.8 Å². The number of methoxy groups -OCH3 is 1. The molecule has 1 aromatic carbocycles. The van der Waals surface area contributed by atoms with Crippen molar-refractivity contribution in [3.8, 4) is 0 Å². The first-order valence-electron chi connectivity index (χ1n) is 6.28. The minimum absolute atomic E-state index is 0.150. The third-order valence-electron chi connectivity index (χ3n) is 3.00. The second kappa shape index (κ2) is 7.41. The lowest BCUT2D eigenvalue weighted by Gasteiger charge is -2.25. The lowest BCUT2D eigenvalue weighted by atomic mass is 9.87. The molecule has 0 aromatic heterocycles. The number of carbonyl (C=O) groups is 2. The Morgan fingerprint density at radius 2 is 1.95 bits per heavy atom. The molecule has 5 nitrogen and oxygen atoms in total. The zero-order valence-electron chi connectivity index (χ0n) is 11.3. The van der Waals surface area contributed by atoms with E-state index in [4.69, 9.17) is 5.73 Å². The summed E-state index contributed by atoms with van der Waals surface area (Å²) in [6.45, 7) is 2.02. The lowest BCUT2D eigenvalue weighted by Crippen LogP contribution is -2.48. The zero-order valence-corrected chi connectivity index (χ0v) is 11.3. The van der Waals surface area contributed by atoms with E-state index in [1.165, 1.54) is 7.11 Å². The number of hydrogen-bond donors (Lipinski definition) is 2. The number of benzene rings is 1. The topological polar surface area (TPSA) is 81.4 Å². The molecule has 0 spiro atoms. The minimum Gasteiger partial charge on any atom is -0.453 e. The average Bonchev–Trinajstić information content (AvgIpc) is 2.43. The van der Waals surface area contributed by atoms with Gasteiger partial charge in [0.25, 0.3) is 0 Å². The molecule has 1 rings (SSSR count). The third kappa shape index (κ3) is 4.28. The van der Waals surface area contributed by atoms with Crippen molar-refractivity contribution in [2.45, 2.75) is 31.7 Å². The Morgan fingerprint density at radius 1 is 1.32 bits per heavy atom. The maximum absolute atomic E-state index is 11.6. The van der Waals surface area contributed by atoms with Crippen LogP contribution in [0.1, 0.15) is 31.2 Å². The molecule has 5 heteroatoms. The number of alkyl carbamates (subject to hydrolysis) is 1. The highest BCUT2D eigenvalue weighted by atomic mass is 16.5. The Hall–Kier alpha value is -2.04. The standard InChI is InChI=1S/C14H20N2O3/c1-3-7-11(10-8-5-4-6-9-10)12(13(15)17)16-14(18)19-2/h4-6,8-9,11-12H,3,7H2,1-2H3,(H2,15,17)(H,16,18)/t11?,12-/m0/s1. The molecular formula is C14H20N2O3. The smallest absolute Gasteiger partial charge is 0.407 e. The SMILES string of the molecule is CCCC(c1ccccc1)[C@H](NC(=O)OC)C(N)=O. The largest absolute Gasteiger partial charge is 0.453 e. The summed E-state index contributed by atoms with van der Waals surface area (Å²) < 4.78 is 4.54. The predicted molar refractivity (Wildman–Crippen MR) is 72.6 cm³/mol. The van der Waals surface area contributed by atoms with E-state index in [0.717, 1.165) is 18.4 Å². The fraction of sp³-hybridized carbons (Fsp3) is 0.429. The van der Waals surface area contributed by atoms with Crippen molar-refractivity contribution in [3.05, 3.63) is 35.9 Å². The number of rotatable bonds is 6. The average molecular weight is 264 g/mol. The van der Waals surface area contributed by atoms with Crippen molar-refractivity contribution in [3.63, 3.8) is 0 Å². The molecule has 1 aromatic rings. The first kappa shape index (κ1) is 15.0. The normalized spacial score (nSPS) is 13.4. The molecule has 1 unspecified atom stereocenters. The van der Waals surface area contributed by atoms with E-state index < -0.39 is 18.0 Å². The Balaban J connectivity index is 2.99. The van der Waals surface area contributed by atoms with Crippen LogP contribution in [0.15, 0.2) is 30.3 Å². The molecule has 2 amide bonds. The van der Waals surface area contributed by atoms with Gasteiger partial charge in [-0.25, -0.2) is 4.79 Å². The second-order valence-electron chi connectivity index (χ2n) is 4.32. The molecule has 3 N–H and O–H groups in total. The highest BCUT2D eigenvalue weighted by Gasteiger charge is 2.29. The van der Waals surface area contributed by atoms with Gasteiger partial charge in [-0.2, -0.15) is 0 Å². The molecule has 0 heterocycles. The molecule has 0 aliphatic heterocycles. The summed E-state index contributed by atoms with van der Waals surface area (Å²) in [6, 6.07) is 8.78. The number of carbonyl (C=O) groups excluding carboxylic acids is 2. The van der Waals surface area contributed by atoms with Gasteiger partial charge >= 0.3 is 6.09 Å². The number of primary amides is 1.